The normalized spacial score (nSPS) is 16.0. The van der Waals surface area contributed by atoms with Crippen molar-refractivity contribution in [2.45, 2.75) is 12.8 Å². The van der Waals surface area contributed by atoms with E-state index in [1.54, 1.807) is 5.01 Å². The maximum atomic E-state index is 12.1. The summed E-state index contributed by atoms with van der Waals surface area (Å²) in [6, 6.07) is 9.83. The number of benzene rings is 1. The van der Waals surface area contributed by atoms with Gasteiger partial charge in [0.1, 0.15) is 0 Å². The van der Waals surface area contributed by atoms with Crippen molar-refractivity contribution in [1.82, 2.24) is 15.3 Å². The summed E-state index contributed by atoms with van der Waals surface area (Å²) in [4.78, 5) is 23.2. The minimum Gasteiger partial charge on any atom is -0.314 e. The number of hydrazine groups is 1. The van der Waals surface area contributed by atoms with Gasteiger partial charge in [-0.3, -0.25) is 9.59 Å². The van der Waals surface area contributed by atoms with Gasteiger partial charge in [0.25, 0.3) is 0 Å². The van der Waals surface area contributed by atoms with Crippen LogP contribution in [0, 0.1) is 0 Å². The summed E-state index contributed by atoms with van der Waals surface area (Å²) in [6.45, 7) is 2.98. The number of nitrogens with one attached hydrogen (secondary N) is 1. The van der Waals surface area contributed by atoms with Gasteiger partial charge in [0, 0.05) is 32.6 Å². The number of aryl methyl sites for hydroxylation is 1. The summed E-state index contributed by atoms with van der Waals surface area (Å²) in [5, 5.41) is 6.22. The van der Waals surface area contributed by atoms with Crippen molar-refractivity contribution in [3.8, 4) is 0 Å². The van der Waals surface area contributed by atoms with Crippen LogP contribution < -0.4 is 5.32 Å². The van der Waals surface area contributed by atoms with Crippen LogP contribution in [0.1, 0.15) is 12.0 Å². The lowest BCUT2D eigenvalue weighted by Crippen LogP contribution is -2.54. The Morgan fingerprint density at radius 2 is 1.95 bits per heavy atom. The Morgan fingerprint density at radius 1 is 1.26 bits per heavy atom. The van der Waals surface area contributed by atoms with Crippen molar-refractivity contribution in [2.75, 3.05) is 26.2 Å². The van der Waals surface area contributed by atoms with Gasteiger partial charge in [-0.15, -0.1) is 0 Å². The molecule has 2 amide bonds. The third-order valence-corrected chi connectivity index (χ3v) is 3.22. The molecule has 0 bridgehead atoms. The Kier molecular flexibility index (Phi) is 5.06. The maximum absolute atomic E-state index is 12.1. The van der Waals surface area contributed by atoms with Gasteiger partial charge >= 0.3 is 0 Å². The average molecular weight is 261 g/mol. The van der Waals surface area contributed by atoms with Crippen molar-refractivity contribution in [3.05, 3.63) is 35.9 Å². The Morgan fingerprint density at radius 3 is 2.58 bits per heavy atom. The molecule has 1 N–H and O–H groups in total. The first-order chi connectivity index (χ1) is 9.31. The van der Waals surface area contributed by atoms with Crippen LogP contribution in [0.25, 0.3) is 0 Å². The van der Waals surface area contributed by atoms with Crippen molar-refractivity contribution >= 4 is 12.3 Å². The van der Waals surface area contributed by atoms with Crippen LogP contribution >= 0.6 is 0 Å². The van der Waals surface area contributed by atoms with E-state index < -0.39 is 0 Å². The molecular formula is C14H19N3O2. The zero-order chi connectivity index (χ0) is 13.5. The highest BCUT2D eigenvalue weighted by Gasteiger charge is 2.22. The molecule has 19 heavy (non-hydrogen) atoms. The van der Waals surface area contributed by atoms with E-state index in [0.29, 0.717) is 32.3 Å². The number of piperazine rings is 1. The molecule has 0 unspecified atom stereocenters. The molecule has 102 valence electrons. The van der Waals surface area contributed by atoms with Crippen molar-refractivity contribution in [3.63, 3.8) is 0 Å². The predicted molar refractivity (Wildman–Crippen MR) is 72.1 cm³/mol. The van der Waals surface area contributed by atoms with Crippen molar-refractivity contribution in [1.29, 1.82) is 0 Å². The van der Waals surface area contributed by atoms with Crippen LogP contribution in [-0.2, 0) is 16.0 Å². The fourth-order valence-electron chi connectivity index (χ4n) is 2.16. The lowest BCUT2D eigenvalue weighted by Gasteiger charge is -2.33. The number of imide groups is 1. The quantitative estimate of drug-likeness (QED) is 0.781. The molecule has 1 fully saturated rings. The summed E-state index contributed by atoms with van der Waals surface area (Å²) in [5.74, 6) is -0.138. The molecule has 1 aliphatic rings. The molecule has 0 atom stereocenters. The Bertz CT molecular complexity index is 416. The van der Waals surface area contributed by atoms with Gasteiger partial charge in [0.2, 0.25) is 12.3 Å². The number of amides is 2. The van der Waals surface area contributed by atoms with Crippen LogP contribution in [0.5, 0.6) is 0 Å². The predicted octanol–water partition coefficient (Wildman–Crippen LogP) is 0.424. The molecule has 1 heterocycles. The SMILES string of the molecule is O=CN(C(=O)CCc1ccccc1)N1CCNCC1. The number of rotatable bonds is 5. The summed E-state index contributed by atoms with van der Waals surface area (Å²) >= 11 is 0. The highest BCUT2D eigenvalue weighted by Crippen LogP contribution is 2.06. The summed E-state index contributed by atoms with van der Waals surface area (Å²) in [5.41, 5.74) is 1.11. The lowest BCUT2D eigenvalue weighted by atomic mass is 10.1. The Hall–Kier alpha value is -1.72. The van der Waals surface area contributed by atoms with Gasteiger partial charge in [-0.1, -0.05) is 30.3 Å². The second kappa shape index (κ2) is 7.01. The fraction of sp³-hybridized carbons (Fsp3) is 0.429. The monoisotopic (exact) mass is 261 g/mol. The number of nitrogens with zero attached hydrogens (tertiary/aromatic N) is 2. The second-order valence-electron chi connectivity index (χ2n) is 4.53. The molecule has 0 spiro atoms. The van der Waals surface area contributed by atoms with E-state index in [0.717, 1.165) is 18.7 Å². The molecule has 1 saturated heterocycles. The van der Waals surface area contributed by atoms with Crippen LogP contribution in [0.3, 0.4) is 0 Å². The molecule has 5 heteroatoms. The van der Waals surface area contributed by atoms with E-state index >= 15 is 0 Å². The van der Waals surface area contributed by atoms with Gasteiger partial charge < -0.3 is 5.32 Å². The number of hydrogen-bond acceptors (Lipinski definition) is 4. The van der Waals surface area contributed by atoms with E-state index in [4.69, 9.17) is 0 Å². The van der Waals surface area contributed by atoms with E-state index in [9.17, 15) is 9.59 Å². The highest BCUT2D eigenvalue weighted by molar-refractivity contribution is 5.85. The van der Waals surface area contributed by atoms with Crippen LogP contribution in [0.2, 0.25) is 0 Å². The molecule has 5 nitrogen and oxygen atoms in total. The first kappa shape index (κ1) is 13.7. The van der Waals surface area contributed by atoms with Gasteiger partial charge in [-0.25, -0.2) is 10.0 Å². The summed E-state index contributed by atoms with van der Waals surface area (Å²) in [6.07, 6.45) is 1.64. The minimum absolute atomic E-state index is 0.138. The van der Waals surface area contributed by atoms with Crippen LogP contribution in [0.4, 0.5) is 0 Å². The van der Waals surface area contributed by atoms with E-state index in [1.807, 2.05) is 30.3 Å². The van der Waals surface area contributed by atoms with E-state index in [1.165, 1.54) is 5.01 Å². The zero-order valence-corrected chi connectivity index (χ0v) is 10.9. The number of hydrogen-bond donors (Lipinski definition) is 1. The topological polar surface area (TPSA) is 52.7 Å². The van der Waals surface area contributed by atoms with Crippen LogP contribution in [0.15, 0.2) is 30.3 Å². The molecule has 1 aliphatic heterocycles. The van der Waals surface area contributed by atoms with Gasteiger partial charge in [0.05, 0.1) is 0 Å². The molecule has 0 saturated carbocycles. The average Bonchev–Trinajstić information content (AvgIpc) is 2.48. The standard InChI is InChI=1S/C14H19N3O2/c18-12-17(16-10-8-15-9-11-16)14(19)7-6-13-4-2-1-3-5-13/h1-5,12,15H,6-11H2. The van der Waals surface area contributed by atoms with Crippen LogP contribution in [-0.4, -0.2) is 48.5 Å². The van der Waals surface area contributed by atoms with Crippen molar-refractivity contribution < 1.29 is 9.59 Å². The first-order valence-corrected chi connectivity index (χ1v) is 6.58. The first-order valence-electron chi connectivity index (χ1n) is 6.58. The molecule has 0 aliphatic carbocycles. The third kappa shape index (κ3) is 3.87. The molecule has 0 aromatic heterocycles. The highest BCUT2D eigenvalue weighted by atomic mass is 16.2. The smallest absolute Gasteiger partial charge is 0.244 e. The number of carbonyl (C=O) groups is 2. The Balaban J connectivity index is 1.88. The maximum Gasteiger partial charge on any atom is 0.244 e. The largest absolute Gasteiger partial charge is 0.314 e. The molecule has 1 aromatic rings. The second-order valence-corrected chi connectivity index (χ2v) is 4.53. The summed E-state index contributed by atoms with van der Waals surface area (Å²) < 4.78 is 0. The van der Waals surface area contributed by atoms with Gasteiger partial charge in [-0.05, 0) is 12.0 Å². The van der Waals surface area contributed by atoms with Gasteiger partial charge in [-0.2, -0.15) is 0 Å². The minimum atomic E-state index is -0.138. The zero-order valence-electron chi connectivity index (χ0n) is 10.9. The Labute approximate surface area is 113 Å². The van der Waals surface area contributed by atoms with Gasteiger partial charge in [0.15, 0.2) is 0 Å². The lowest BCUT2D eigenvalue weighted by molar-refractivity contribution is -0.157. The molecular weight excluding hydrogens is 242 g/mol. The van der Waals surface area contributed by atoms with E-state index in [2.05, 4.69) is 5.32 Å². The van der Waals surface area contributed by atoms with E-state index in [-0.39, 0.29) is 5.91 Å². The number of carbonyl (C=O) groups excluding carboxylic acids is 2. The molecule has 1 aromatic carbocycles. The molecule has 0 radical (unpaired) electrons. The van der Waals surface area contributed by atoms with Crippen molar-refractivity contribution in [2.24, 2.45) is 0 Å². The molecule has 2 rings (SSSR count). The summed E-state index contributed by atoms with van der Waals surface area (Å²) in [7, 11) is 0. The fourth-order valence-corrected chi connectivity index (χ4v) is 2.16. The third-order valence-electron chi connectivity index (χ3n) is 3.22.